The zero-order chi connectivity index (χ0) is 13.0. The Kier molecular flexibility index (Phi) is 4.41. The molecule has 0 aromatic heterocycles. The van der Waals surface area contributed by atoms with Crippen LogP contribution in [-0.2, 0) is 4.74 Å². The fourth-order valence-electron chi connectivity index (χ4n) is 2.87. The molecule has 0 saturated carbocycles. The van der Waals surface area contributed by atoms with Crippen LogP contribution in [0, 0.1) is 0 Å². The van der Waals surface area contributed by atoms with Gasteiger partial charge in [-0.3, -0.25) is 0 Å². The summed E-state index contributed by atoms with van der Waals surface area (Å²) in [6, 6.07) is 10.8. The van der Waals surface area contributed by atoms with Crippen LogP contribution in [0.3, 0.4) is 0 Å². The zero-order valence-corrected chi connectivity index (χ0v) is 11.8. The van der Waals surface area contributed by atoms with Gasteiger partial charge in [0.1, 0.15) is 0 Å². The lowest BCUT2D eigenvalue weighted by Gasteiger charge is -2.23. The van der Waals surface area contributed by atoms with Crippen molar-refractivity contribution in [3.63, 3.8) is 0 Å². The van der Waals surface area contributed by atoms with E-state index in [1.807, 2.05) is 7.05 Å². The summed E-state index contributed by atoms with van der Waals surface area (Å²) in [6.45, 7) is 5.41. The second kappa shape index (κ2) is 5.85. The summed E-state index contributed by atoms with van der Waals surface area (Å²) in [6.07, 6.45) is 3.91. The van der Waals surface area contributed by atoms with Crippen LogP contribution in [0.2, 0.25) is 0 Å². The molecule has 1 aromatic rings. The molecule has 1 heterocycles. The quantitative estimate of drug-likeness (QED) is 0.861. The highest BCUT2D eigenvalue weighted by Gasteiger charge is 2.33. The molecule has 1 aliphatic heterocycles. The summed E-state index contributed by atoms with van der Waals surface area (Å²) in [4.78, 5) is 0. The van der Waals surface area contributed by atoms with E-state index in [0.717, 1.165) is 13.0 Å². The molecule has 1 aliphatic rings. The van der Waals surface area contributed by atoms with Crippen molar-refractivity contribution in [1.29, 1.82) is 0 Å². The molecule has 2 atom stereocenters. The molecule has 0 spiro atoms. The summed E-state index contributed by atoms with van der Waals surface area (Å²) in [7, 11) is 2.02. The van der Waals surface area contributed by atoms with Crippen LogP contribution in [0.15, 0.2) is 30.3 Å². The zero-order valence-electron chi connectivity index (χ0n) is 11.8. The first kappa shape index (κ1) is 13.6. The third-order valence-corrected chi connectivity index (χ3v) is 3.82. The molecule has 2 nitrogen and oxygen atoms in total. The van der Waals surface area contributed by atoms with E-state index in [1.165, 1.54) is 18.4 Å². The number of likely N-dealkylation sites (N-methyl/N-ethyl adjacent to an activating group) is 1. The minimum Gasteiger partial charge on any atom is -0.372 e. The maximum atomic E-state index is 6.12. The van der Waals surface area contributed by atoms with Crippen molar-refractivity contribution >= 4 is 0 Å². The fourth-order valence-corrected chi connectivity index (χ4v) is 2.87. The summed E-state index contributed by atoms with van der Waals surface area (Å²) in [5.74, 6) is 0.551. The molecule has 1 fully saturated rings. The van der Waals surface area contributed by atoms with Crippen LogP contribution >= 0.6 is 0 Å². The van der Waals surface area contributed by atoms with Crippen molar-refractivity contribution < 1.29 is 4.74 Å². The Morgan fingerprint density at radius 1 is 1.33 bits per heavy atom. The van der Waals surface area contributed by atoms with E-state index in [1.54, 1.807) is 0 Å². The first-order chi connectivity index (χ1) is 8.61. The molecule has 2 rings (SSSR count). The van der Waals surface area contributed by atoms with E-state index in [4.69, 9.17) is 4.74 Å². The Morgan fingerprint density at radius 3 is 2.61 bits per heavy atom. The SMILES string of the molecule is CNCC(CC1CCC(C)(C)O1)c1ccccc1. The first-order valence-electron chi connectivity index (χ1n) is 6.98. The van der Waals surface area contributed by atoms with E-state index in [0.29, 0.717) is 12.0 Å². The summed E-state index contributed by atoms with van der Waals surface area (Å²) < 4.78 is 6.12. The minimum absolute atomic E-state index is 0.0749. The standard InChI is InChI=1S/C16H25NO/c1-16(2)10-9-15(18-16)11-14(12-17-3)13-7-5-4-6-8-13/h4-8,14-15,17H,9-12H2,1-3H3. The first-order valence-corrected chi connectivity index (χ1v) is 6.98. The highest BCUT2D eigenvalue weighted by molar-refractivity contribution is 5.20. The van der Waals surface area contributed by atoms with E-state index in [-0.39, 0.29) is 5.60 Å². The van der Waals surface area contributed by atoms with Gasteiger partial charge in [-0.25, -0.2) is 0 Å². The van der Waals surface area contributed by atoms with Crippen LogP contribution in [0.5, 0.6) is 0 Å². The van der Waals surface area contributed by atoms with Crippen LogP contribution < -0.4 is 5.32 Å². The van der Waals surface area contributed by atoms with Gasteiger partial charge >= 0.3 is 0 Å². The van der Waals surface area contributed by atoms with Gasteiger partial charge in [0.05, 0.1) is 11.7 Å². The number of hydrogen-bond acceptors (Lipinski definition) is 2. The van der Waals surface area contributed by atoms with E-state index >= 15 is 0 Å². The topological polar surface area (TPSA) is 21.3 Å². The van der Waals surface area contributed by atoms with Crippen LogP contribution in [0.25, 0.3) is 0 Å². The molecule has 1 saturated heterocycles. The van der Waals surface area contributed by atoms with Gasteiger partial charge in [-0.2, -0.15) is 0 Å². The van der Waals surface area contributed by atoms with Gasteiger partial charge in [-0.15, -0.1) is 0 Å². The molecule has 1 aromatic carbocycles. The Bertz CT molecular complexity index is 361. The van der Waals surface area contributed by atoms with Crippen molar-refractivity contribution in [3.05, 3.63) is 35.9 Å². The van der Waals surface area contributed by atoms with Gasteiger partial charge in [0.2, 0.25) is 0 Å². The Morgan fingerprint density at radius 2 is 2.06 bits per heavy atom. The van der Waals surface area contributed by atoms with E-state index in [2.05, 4.69) is 49.5 Å². The molecule has 100 valence electrons. The molecule has 0 radical (unpaired) electrons. The number of ether oxygens (including phenoxy) is 1. The second-order valence-corrected chi connectivity index (χ2v) is 5.94. The van der Waals surface area contributed by atoms with Gasteiger partial charge in [0, 0.05) is 6.54 Å². The third kappa shape index (κ3) is 3.56. The van der Waals surface area contributed by atoms with E-state index < -0.39 is 0 Å². The largest absolute Gasteiger partial charge is 0.372 e. The smallest absolute Gasteiger partial charge is 0.0631 e. The van der Waals surface area contributed by atoms with Crippen molar-refractivity contribution in [2.45, 2.75) is 50.7 Å². The highest BCUT2D eigenvalue weighted by atomic mass is 16.5. The fraction of sp³-hybridized carbons (Fsp3) is 0.625. The predicted octanol–water partition coefficient (Wildman–Crippen LogP) is 3.34. The van der Waals surface area contributed by atoms with Gasteiger partial charge in [-0.05, 0) is 51.6 Å². The average Bonchev–Trinajstić information content (AvgIpc) is 2.69. The van der Waals surface area contributed by atoms with Gasteiger partial charge in [0.15, 0.2) is 0 Å². The number of nitrogens with one attached hydrogen (secondary N) is 1. The molecule has 2 unspecified atom stereocenters. The molecular formula is C16H25NO. The maximum absolute atomic E-state index is 6.12. The van der Waals surface area contributed by atoms with Crippen molar-refractivity contribution in [3.8, 4) is 0 Å². The maximum Gasteiger partial charge on any atom is 0.0631 e. The van der Waals surface area contributed by atoms with Gasteiger partial charge in [-0.1, -0.05) is 30.3 Å². The van der Waals surface area contributed by atoms with Gasteiger partial charge in [0.25, 0.3) is 0 Å². The van der Waals surface area contributed by atoms with Crippen molar-refractivity contribution in [2.75, 3.05) is 13.6 Å². The molecule has 2 heteroatoms. The Hall–Kier alpha value is -0.860. The molecule has 0 aliphatic carbocycles. The lowest BCUT2D eigenvalue weighted by atomic mass is 9.92. The molecule has 18 heavy (non-hydrogen) atoms. The number of rotatable bonds is 5. The minimum atomic E-state index is 0.0749. The summed E-state index contributed by atoms with van der Waals surface area (Å²) >= 11 is 0. The average molecular weight is 247 g/mol. The summed E-state index contributed by atoms with van der Waals surface area (Å²) in [5.41, 5.74) is 1.49. The Labute approximate surface area is 111 Å². The van der Waals surface area contributed by atoms with Crippen molar-refractivity contribution in [1.82, 2.24) is 5.32 Å². The lowest BCUT2D eigenvalue weighted by molar-refractivity contribution is -0.0208. The number of hydrogen-bond donors (Lipinski definition) is 1. The lowest BCUT2D eigenvalue weighted by Crippen LogP contribution is -2.24. The second-order valence-electron chi connectivity index (χ2n) is 5.94. The molecule has 0 amide bonds. The normalized spacial score (nSPS) is 24.1. The van der Waals surface area contributed by atoms with E-state index in [9.17, 15) is 0 Å². The molecular weight excluding hydrogens is 222 g/mol. The van der Waals surface area contributed by atoms with Crippen LogP contribution in [0.4, 0.5) is 0 Å². The van der Waals surface area contributed by atoms with Gasteiger partial charge < -0.3 is 10.1 Å². The summed E-state index contributed by atoms with van der Waals surface area (Å²) in [5, 5.41) is 3.31. The predicted molar refractivity (Wildman–Crippen MR) is 75.9 cm³/mol. The van der Waals surface area contributed by atoms with Crippen molar-refractivity contribution in [2.24, 2.45) is 0 Å². The Balaban J connectivity index is 1.99. The number of benzene rings is 1. The third-order valence-electron chi connectivity index (χ3n) is 3.82. The monoisotopic (exact) mass is 247 g/mol. The van der Waals surface area contributed by atoms with Crippen LogP contribution in [0.1, 0.15) is 44.6 Å². The molecule has 1 N–H and O–H groups in total. The molecule has 0 bridgehead atoms. The highest BCUT2D eigenvalue weighted by Crippen LogP contribution is 2.34. The van der Waals surface area contributed by atoms with Crippen LogP contribution in [-0.4, -0.2) is 25.3 Å².